The Labute approximate surface area is 155 Å². The second kappa shape index (κ2) is 7.49. The highest BCUT2D eigenvalue weighted by atomic mass is 79.9. The van der Waals surface area contributed by atoms with Gasteiger partial charge in [-0.1, -0.05) is 40.2 Å². The molecule has 0 unspecified atom stereocenters. The number of hydrogen-bond donors (Lipinski definition) is 2. The van der Waals surface area contributed by atoms with E-state index in [-0.39, 0.29) is 5.91 Å². The molecule has 3 rings (SSSR count). The van der Waals surface area contributed by atoms with Gasteiger partial charge in [-0.25, -0.2) is 0 Å². The number of rotatable bonds is 4. The Morgan fingerprint density at radius 3 is 2.52 bits per heavy atom. The minimum absolute atomic E-state index is 0.198. The first-order valence-corrected chi connectivity index (χ1v) is 8.67. The average molecular weight is 396 g/mol. The molecule has 0 spiro atoms. The highest BCUT2D eigenvalue weighted by molar-refractivity contribution is 9.10. The highest BCUT2D eigenvalue weighted by Crippen LogP contribution is 2.22. The Bertz CT molecular complexity index is 924. The quantitative estimate of drug-likeness (QED) is 0.616. The van der Waals surface area contributed by atoms with E-state index in [0.29, 0.717) is 5.56 Å². The first kappa shape index (κ1) is 17.2. The zero-order valence-electron chi connectivity index (χ0n) is 14.0. The van der Waals surface area contributed by atoms with Gasteiger partial charge in [-0.15, -0.1) is 0 Å². The van der Waals surface area contributed by atoms with Crippen LogP contribution in [0.1, 0.15) is 21.5 Å². The third-order valence-corrected chi connectivity index (χ3v) is 4.71. The van der Waals surface area contributed by atoms with Crippen LogP contribution in [0.15, 0.2) is 65.4 Å². The van der Waals surface area contributed by atoms with E-state index in [1.54, 1.807) is 18.5 Å². The molecule has 126 valence electrons. The lowest BCUT2D eigenvalue weighted by Gasteiger charge is -2.11. The number of aromatic nitrogens is 1. The maximum atomic E-state index is 12.5. The standard InChI is InChI=1S/C20H18BrN3O/c1-13-7-8-16(10-18(13)21)24-20(25)15-9-17(12-22-11-15)23-19-6-4-3-5-14(19)2/h3-12,23H,1-2H3,(H,24,25). The number of carbonyl (C=O) groups excluding carboxylic acids is 1. The first-order chi connectivity index (χ1) is 12.0. The summed E-state index contributed by atoms with van der Waals surface area (Å²) in [4.78, 5) is 16.7. The fraction of sp³-hybridized carbons (Fsp3) is 0.100. The number of nitrogens with zero attached hydrogens (tertiary/aromatic N) is 1. The van der Waals surface area contributed by atoms with Gasteiger partial charge in [-0.2, -0.15) is 0 Å². The smallest absolute Gasteiger partial charge is 0.257 e. The van der Waals surface area contributed by atoms with Gasteiger partial charge >= 0.3 is 0 Å². The van der Waals surface area contributed by atoms with Crippen LogP contribution in [0.5, 0.6) is 0 Å². The normalized spacial score (nSPS) is 10.4. The zero-order valence-corrected chi connectivity index (χ0v) is 15.6. The molecule has 0 fully saturated rings. The molecule has 4 nitrogen and oxygen atoms in total. The van der Waals surface area contributed by atoms with Crippen LogP contribution in [-0.4, -0.2) is 10.9 Å². The van der Waals surface area contributed by atoms with Crippen molar-refractivity contribution in [2.45, 2.75) is 13.8 Å². The number of amides is 1. The number of nitrogens with one attached hydrogen (secondary N) is 2. The second-order valence-electron chi connectivity index (χ2n) is 5.82. The van der Waals surface area contributed by atoms with Crippen molar-refractivity contribution in [3.05, 3.63) is 82.1 Å². The predicted molar refractivity (Wildman–Crippen MR) is 106 cm³/mol. The molecule has 0 aliphatic rings. The molecule has 0 saturated heterocycles. The van der Waals surface area contributed by atoms with Gasteiger partial charge in [-0.05, 0) is 49.2 Å². The first-order valence-electron chi connectivity index (χ1n) is 7.88. The Morgan fingerprint density at radius 2 is 1.76 bits per heavy atom. The summed E-state index contributed by atoms with van der Waals surface area (Å²) in [5.41, 5.74) is 5.23. The number of para-hydroxylation sites is 1. The zero-order chi connectivity index (χ0) is 17.8. The van der Waals surface area contributed by atoms with Crippen LogP contribution in [0.25, 0.3) is 0 Å². The third-order valence-electron chi connectivity index (χ3n) is 3.85. The van der Waals surface area contributed by atoms with Crippen molar-refractivity contribution in [1.29, 1.82) is 0 Å². The summed E-state index contributed by atoms with van der Waals surface area (Å²) in [6.45, 7) is 4.03. The van der Waals surface area contributed by atoms with Crippen molar-refractivity contribution in [3.8, 4) is 0 Å². The lowest BCUT2D eigenvalue weighted by atomic mass is 10.2. The van der Waals surface area contributed by atoms with E-state index in [2.05, 4.69) is 31.5 Å². The molecule has 2 N–H and O–H groups in total. The monoisotopic (exact) mass is 395 g/mol. The number of anilines is 3. The van der Waals surface area contributed by atoms with E-state index in [4.69, 9.17) is 0 Å². The van der Waals surface area contributed by atoms with E-state index >= 15 is 0 Å². The van der Waals surface area contributed by atoms with Gasteiger partial charge in [0.2, 0.25) is 0 Å². The average Bonchev–Trinajstić information content (AvgIpc) is 2.60. The Hall–Kier alpha value is -2.66. The molecule has 0 saturated carbocycles. The molecule has 0 radical (unpaired) electrons. The molecule has 5 heteroatoms. The Morgan fingerprint density at radius 1 is 0.960 bits per heavy atom. The third kappa shape index (κ3) is 4.25. The van der Waals surface area contributed by atoms with Crippen molar-refractivity contribution in [2.75, 3.05) is 10.6 Å². The van der Waals surface area contributed by atoms with Crippen LogP contribution >= 0.6 is 15.9 Å². The molecule has 3 aromatic rings. The number of hydrogen-bond acceptors (Lipinski definition) is 3. The number of pyridine rings is 1. The maximum Gasteiger partial charge on any atom is 0.257 e. The van der Waals surface area contributed by atoms with Crippen molar-refractivity contribution >= 4 is 38.9 Å². The van der Waals surface area contributed by atoms with E-state index in [1.165, 1.54) is 0 Å². The molecular formula is C20H18BrN3O. The van der Waals surface area contributed by atoms with Gasteiger partial charge in [0.05, 0.1) is 17.4 Å². The van der Waals surface area contributed by atoms with Gasteiger partial charge in [0.1, 0.15) is 0 Å². The number of halogens is 1. The van der Waals surface area contributed by atoms with E-state index in [9.17, 15) is 4.79 Å². The summed E-state index contributed by atoms with van der Waals surface area (Å²) in [6.07, 6.45) is 3.26. The van der Waals surface area contributed by atoms with Gasteiger partial charge < -0.3 is 10.6 Å². The number of benzene rings is 2. The van der Waals surface area contributed by atoms with Crippen LogP contribution in [0, 0.1) is 13.8 Å². The lowest BCUT2D eigenvalue weighted by Crippen LogP contribution is -2.12. The minimum atomic E-state index is -0.198. The second-order valence-corrected chi connectivity index (χ2v) is 6.67. The maximum absolute atomic E-state index is 12.5. The van der Waals surface area contributed by atoms with Crippen molar-refractivity contribution in [3.63, 3.8) is 0 Å². The van der Waals surface area contributed by atoms with Crippen molar-refractivity contribution < 1.29 is 4.79 Å². The summed E-state index contributed by atoms with van der Waals surface area (Å²) >= 11 is 3.47. The summed E-state index contributed by atoms with van der Waals surface area (Å²) in [5.74, 6) is -0.198. The fourth-order valence-corrected chi connectivity index (χ4v) is 2.75. The molecule has 0 aliphatic carbocycles. The Balaban J connectivity index is 1.77. The molecule has 1 heterocycles. The summed E-state index contributed by atoms with van der Waals surface area (Å²) in [5, 5.41) is 6.19. The van der Waals surface area contributed by atoms with Crippen molar-refractivity contribution in [2.24, 2.45) is 0 Å². The fourth-order valence-electron chi connectivity index (χ4n) is 2.37. The largest absolute Gasteiger partial charge is 0.354 e. The summed E-state index contributed by atoms with van der Waals surface area (Å²) < 4.78 is 0.957. The number of aryl methyl sites for hydroxylation is 2. The summed E-state index contributed by atoms with van der Waals surface area (Å²) in [6, 6.07) is 15.5. The van der Waals surface area contributed by atoms with E-state index < -0.39 is 0 Å². The highest BCUT2D eigenvalue weighted by Gasteiger charge is 2.09. The van der Waals surface area contributed by atoms with Crippen LogP contribution in [0.3, 0.4) is 0 Å². The molecule has 25 heavy (non-hydrogen) atoms. The molecular weight excluding hydrogens is 378 g/mol. The van der Waals surface area contributed by atoms with Gasteiger partial charge in [-0.3, -0.25) is 9.78 Å². The van der Waals surface area contributed by atoms with Crippen LogP contribution in [0.2, 0.25) is 0 Å². The SMILES string of the molecule is Cc1ccc(NC(=O)c2cncc(Nc3ccccc3C)c2)cc1Br. The van der Waals surface area contributed by atoms with Crippen LogP contribution in [0.4, 0.5) is 17.1 Å². The van der Waals surface area contributed by atoms with Crippen molar-refractivity contribution in [1.82, 2.24) is 4.98 Å². The minimum Gasteiger partial charge on any atom is -0.354 e. The Kier molecular flexibility index (Phi) is 5.14. The predicted octanol–water partition coefficient (Wildman–Crippen LogP) is 5.46. The van der Waals surface area contributed by atoms with Crippen LogP contribution < -0.4 is 10.6 Å². The van der Waals surface area contributed by atoms with E-state index in [0.717, 1.165) is 32.7 Å². The van der Waals surface area contributed by atoms with Gasteiger partial charge in [0, 0.05) is 22.0 Å². The molecule has 0 atom stereocenters. The van der Waals surface area contributed by atoms with Gasteiger partial charge in [0.15, 0.2) is 0 Å². The topological polar surface area (TPSA) is 54.0 Å². The molecule has 1 aromatic heterocycles. The summed E-state index contributed by atoms with van der Waals surface area (Å²) in [7, 11) is 0. The molecule has 0 bridgehead atoms. The lowest BCUT2D eigenvalue weighted by molar-refractivity contribution is 0.102. The molecule has 2 aromatic carbocycles. The molecule has 1 amide bonds. The van der Waals surface area contributed by atoms with Gasteiger partial charge in [0.25, 0.3) is 5.91 Å². The number of carbonyl (C=O) groups is 1. The van der Waals surface area contributed by atoms with Crippen LogP contribution in [-0.2, 0) is 0 Å². The molecule has 0 aliphatic heterocycles. The van der Waals surface area contributed by atoms with E-state index in [1.807, 2.05) is 56.3 Å².